The van der Waals surface area contributed by atoms with E-state index in [4.69, 9.17) is 0 Å². The van der Waals surface area contributed by atoms with E-state index in [9.17, 15) is 4.79 Å². The summed E-state index contributed by atoms with van der Waals surface area (Å²) in [7, 11) is 0. The highest BCUT2D eigenvalue weighted by molar-refractivity contribution is 5.77. The van der Waals surface area contributed by atoms with Gasteiger partial charge in [-0.3, -0.25) is 0 Å². The van der Waals surface area contributed by atoms with E-state index in [0.29, 0.717) is 18.3 Å². The third kappa shape index (κ3) is 4.76. The first-order valence-corrected chi connectivity index (χ1v) is 8.62. The summed E-state index contributed by atoms with van der Waals surface area (Å²) in [5, 5.41) is 0. The molecule has 0 aliphatic rings. The SMILES string of the molecule is [CH2]CCC=Nc1nc(N(CC)CC)ncc1N(CC)C(C)(C)C=O. The maximum absolute atomic E-state index is 11.5. The number of rotatable bonds is 10. The van der Waals surface area contributed by atoms with Gasteiger partial charge in [-0.25, -0.2) is 9.98 Å². The van der Waals surface area contributed by atoms with E-state index in [1.54, 1.807) is 6.20 Å². The van der Waals surface area contributed by atoms with Crippen LogP contribution in [-0.2, 0) is 4.79 Å². The summed E-state index contributed by atoms with van der Waals surface area (Å²) in [4.78, 5) is 29.2. The van der Waals surface area contributed by atoms with Gasteiger partial charge in [-0.1, -0.05) is 6.92 Å². The Kier molecular flexibility index (Phi) is 7.82. The molecule has 0 aliphatic carbocycles. The van der Waals surface area contributed by atoms with Crippen molar-refractivity contribution in [3.63, 3.8) is 0 Å². The molecular weight excluding hydrogens is 302 g/mol. The smallest absolute Gasteiger partial charge is 0.227 e. The molecule has 0 fully saturated rings. The van der Waals surface area contributed by atoms with Gasteiger partial charge >= 0.3 is 0 Å². The van der Waals surface area contributed by atoms with Crippen molar-refractivity contribution in [2.24, 2.45) is 4.99 Å². The van der Waals surface area contributed by atoms with Gasteiger partial charge < -0.3 is 14.6 Å². The summed E-state index contributed by atoms with van der Waals surface area (Å²) >= 11 is 0. The predicted octanol–water partition coefficient (Wildman–Crippen LogP) is 3.44. The molecule has 0 amide bonds. The Morgan fingerprint density at radius 1 is 1.25 bits per heavy atom. The van der Waals surface area contributed by atoms with Gasteiger partial charge in [0, 0.05) is 25.8 Å². The van der Waals surface area contributed by atoms with E-state index < -0.39 is 5.54 Å². The van der Waals surface area contributed by atoms with Crippen LogP contribution in [0.3, 0.4) is 0 Å². The number of carbonyl (C=O) groups is 1. The summed E-state index contributed by atoms with van der Waals surface area (Å²) in [6, 6.07) is 0. The Balaban J connectivity index is 3.38. The van der Waals surface area contributed by atoms with Gasteiger partial charge in [-0.2, -0.15) is 4.98 Å². The number of likely N-dealkylation sites (N-methyl/N-ethyl adjacent to an activating group) is 1. The Labute approximate surface area is 146 Å². The quantitative estimate of drug-likeness (QED) is 0.485. The summed E-state index contributed by atoms with van der Waals surface area (Å²) in [5.41, 5.74) is 0.122. The molecule has 0 N–H and O–H groups in total. The monoisotopic (exact) mass is 332 g/mol. The highest BCUT2D eigenvalue weighted by Gasteiger charge is 2.28. The molecule has 24 heavy (non-hydrogen) atoms. The zero-order chi connectivity index (χ0) is 18.2. The van der Waals surface area contributed by atoms with E-state index >= 15 is 0 Å². The molecule has 1 aromatic heterocycles. The Morgan fingerprint density at radius 2 is 1.92 bits per heavy atom. The number of hydrogen-bond acceptors (Lipinski definition) is 6. The van der Waals surface area contributed by atoms with Crippen molar-refractivity contribution in [1.82, 2.24) is 9.97 Å². The fourth-order valence-electron chi connectivity index (χ4n) is 2.50. The number of aromatic nitrogens is 2. The molecule has 0 aromatic carbocycles. The molecule has 0 saturated carbocycles. The average molecular weight is 332 g/mol. The lowest BCUT2D eigenvalue weighted by molar-refractivity contribution is -0.111. The van der Waals surface area contributed by atoms with Gasteiger partial charge in [-0.05, 0) is 47.5 Å². The maximum atomic E-state index is 11.5. The van der Waals surface area contributed by atoms with E-state index in [-0.39, 0.29) is 0 Å². The summed E-state index contributed by atoms with van der Waals surface area (Å²) < 4.78 is 0. The first kappa shape index (κ1) is 20.1. The van der Waals surface area contributed by atoms with E-state index in [0.717, 1.165) is 37.9 Å². The minimum absolute atomic E-state index is 0.595. The summed E-state index contributed by atoms with van der Waals surface area (Å²) in [6.07, 6.45) is 6.11. The highest BCUT2D eigenvalue weighted by atomic mass is 16.1. The largest absolute Gasteiger partial charge is 0.356 e. The maximum Gasteiger partial charge on any atom is 0.227 e. The lowest BCUT2D eigenvalue weighted by Crippen LogP contribution is -2.45. The van der Waals surface area contributed by atoms with Crippen LogP contribution in [0.25, 0.3) is 0 Å². The molecular formula is C18H30N5O. The van der Waals surface area contributed by atoms with Crippen LogP contribution in [0, 0.1) is 6.92 Å². The average Bonchev–Trinajstić information content (AvgIpc) is 2.58. The van der Waals surface area contributed by atoms with Crippen LogP contribution < -0.4 is 9.80 Å². The molecule has 0 spiro atoms. The predicted molar refractivity (Wildman–Crippen MR) is 101 cm³/mol. The Morgan fingerprint density at radius 3 is 2.42 bits per heavy atom. The van der Waals surface area contributed by atoms with Crippen molar-refractivity contribution in [3.8, 4) is 0 Å². The fraction of sp³-hybridized carbons (Fsp3) is 0.611. The normalized spacial score (nSPS) is 11.8. The second-order valence-corrected chi connectivity index (χ2v) is 6.02. The van der Waals surface area contributed by atoms with Crippen LogP contribution >= 0.6 is 0 Å². The lowest BCUT2D eigenvalue weighted by atomic mass is 10.0. The highest BCUT2D eigenvalue weighted by Crippen LogP contribution is 2.31. The first-order valence-electron chi connectivity index (χ1n) is 8.62. The molecule has 1 radical (unpaired) electrons. The molecule has 6 heteroatoms. The van der Waals surface area contributed by atoms with Gasteiger partial charge in [0.2, 0.25) is 5.95 Å². The summed E-state index contributed by atoms with van der Waals surface area (Å²) in [5.74, 6) is 1.25. The van der Waals surface area contributed by atoms with Crippen LogP contribution in [0.5, 0.6) is 0 Å². The van der Waals surface area contributed by atoms with Crippen LogP contribution in [0.2, 0.25) is 0 Å². The number of aliphatic imine (C=N–C) groups is 1. The van der Waals surface area contributed by atoms with Gasteiger partial charge in [-0.15, -0.1) is 0 Å². The second kappa shape index (κ2) is 9.35. The molecule has 0 saturated heterocycles. The molecule has 1 aromatic rings. The van der Waals surface area contributed by atoms with Crippen LogP contribution in [-0.4, -0.2) is 47.6 Å². The van der Waals surface area contributed by atoms with Crippen molar-refractivity contribution in [2.45, 2.75) is 53.0 Å². The minimum atomic E-state index is -0.647. The van der Waals surface area contributed by atoms with Crippen LogP contribution in [0.1, 0.15) is 47.5 Å². The molecule has 1 heterocycles. The Bertz CT molecular complexity index is 552. The molecule has 0 aliphatic heterocycles. The zero-order valence-corrected chi connectivity index (χ0v) is 15.6. The topological polar surface area (TPSA) is 61.7 Å². The minimum Gasteiger partial charge on any atom is -0.356 e. The Hall–Kier alpha value is -1.98. The van der Waals surface area contributed by atoms with Crippen molar-refractivity contribution in [3.05, 3.63) is 13.1 Å². The van der Waals surface area contributed by atoms with Gasteiger partial charge in [0.1, 0.15) is 12.0 Å². The number of anilines is 2. The lowest BCUT2D eigenvalue weighted by Gasteiger charge is -2.35. The molecule has 0 atom stereocenters. The van der Waals surface area contributed by atoms with E-state index in [1.165, 1.54) is 0 Å². The zero-order valence-electron chi connectivity index (χ0n) is 15.6. The molecule has 0 unspecified atom stereocenters. The second-order valence-electron chi connectivity index (χ2n) is 6.02. The molecule has 0 bridgehead atoms. The van der Waals surface area contributed by atoms with Crippen LogP contribution in [0.4, 0.5) is 17.5 Å². The molecule has 1 rings (SSSR count). The van der Waals surface area contributed by atoms with E-state index in [2.05, 4.69) is 40.6 Å². The van der Waals surface area contributed by atoms with Gasteiger partial charge in [0.25, 0.3) is 0 Å². The van der Waals surface area contributed by atoms with Crippen molar-refractivity contribution in [2.75, 3.05) is 29.4 Å². The fourth-order valence-corrected chi connectivity index (χ4v) is 2.50. The first-order chi connectivity index (χ1) is 11.4. The van der Waals surface area contributed by atoms with Crippen molar-refractivity contribution < 1.29 is 4.79 Å². The number of carbonyl (C=O) groups excluding carboxylic acids is 1. The van der Waals surface area contributed by atoms with Gasteiger partial charge in [0.05, 0.1) is 11.7 Å². The number of nitrogens with zero attached hydrogens (tertiary/aromatic N) is 5. The standard InChI is InChI=1S/C18H30N5O/c1-7-11-12-19-16-15(23(10-4)18(5,6)14-24)13-20-17(21-16)22(8-2)9-3/h12-14H,1,7-11H2,2-6H3. The number of aldehydes is 1. The van der Waals surface area contributed by atoms with Crippen LogP contribution in [0.15, 0.2) is 11.2 Å². The third-order valence-corrected chi connectivity index (χ3v) is 3.92. The number of hydrogen-bond donors (Lipinski definition) is 0. The van der Waals surface area contributed by atoms with Gasteiger partial charge in [0.15, 0.2) is 5.82 Å². The van der Waals surface area contributed by atoms with E-state index in [1.807, 2.05) is 31.9 Å². The number of unbranched alkanes of at least 4 members (excludes halogenated alkanes) is 1. The van der Waals surface area contributed by atoms with Crippen molar-refractivity contribution in [1.29, 1.82) is 0 Å². The summed E-state index contributed by atoms with van der Waals surface area (Å²) in [6.45, 7) is 16.1. The van der Waals surface area contributed by atoms with Crippen molar-refractivity contribution >= 4 is 30.0 Å². The third-order valence-electron chi connectivity index (χ3n) is 3.92. The molecule has 6 nitrogen and oxygen atoms in total. The molecule has 133 valence electrons.